The molecule has 0 atom stereocenters. The van der Waals surface area contributed by atoms with Crippen LogP contribution in [0, 0.1) is 20.8 Å². The van der Waals surface area contributed by atoms with Crippen molar-refractivity contribution in [1.82, 2.24) is 0 Å². The molecule has 0 bridgehead atoms. The van der Waals surface area contributed by atoms with Gasteiger partial charge in [0.15, 0.2) is 11.5 Å². The van der Waals surface area contributed by atoms with E-state index in [0.29, 0.717) is 0 Å². The highest BCUT2D eigenvalue weighted by Crippen LogP contribution is 2.54. The Balaban J connectivity index is 1.97. The van der Waals surface area contributed by atoms with Crippen molar-refractivity contribution in [3.63, 3.8) is 0 Å². The van der Waals surface area contributed by atoms with E-state index in [-0.39, 0.29) is 5.41 Å². The maximum Gasteiger partial charge on any atom is 0.165 e. The molecule has 0 aliphatic carbocycles. The van der Waals surface area contributed by atoms with Crippen LogP contribution in [0.4, 0.5) is 17.1 Å². The summed E-state index contributed by atoms with van der Waals surface area (Å²) < 4.78 is 6.23. The molecule has 1 aromatic heterocycles. The van der Waals surface area contributed by atoms with Gasteiger partial charge >= 0.3 is 0 Å². The number of rotatable bonds is 1. The molecule has 1 aliphatic heterocycles. The number of thiophene rings is 1. The first kappa shape index (κ1) is 17.2. The minimum absolute atomic E-state index is 0.140. The summed E-state index contributed by atoms with van der Waals surface area (Å²) in [4.78, 5) is 3.58. The molecule has 3 aromatic rings. The van der Waals surface area contributed by atoms with Gasteiger partial charge in [0.05, 0.1) is 11.4 Å². The Morgan fingerprint density at radius 3 is 2.23 bits per heavy atom. The van der Waals surface area contributed by atoms with Crippen LogP contribution in [0.5, 0.6) is 11.5 Å². The van der Waals surface area contributed by atoms with E-state index in [4.69, 9.17) is 4.74 Å². The van der Waals surface area contributed by atoms with Crippen molar-refractivity contribution in [2.75, 3.05) is 4.90 Å². The van der Waals surface area contributed by atoms with Crippen LogP contribution in [0.1, 0.15) is 42.3 Å². The number of hydrogen-bond acceptors (Lipinski definition) is 3. The van der Waals surface area contributed by atoms with Gasteiger partial charge in [-0.3, -0.25) is 0 Å². The Hall–Kier alpha value is -2.26. The lowest BCUT2D eigenvalue weighted by Gasteiger charge is -2.34. The molecule has 2 aromatic carbocycles. The van der Waals surface area contributed by atoms with Crippen molar-refractivity contribution in [1.29, 1.82) is 0 Å². The van der Waals surface area contributed by atoms with E-state index >= 15 is 0 Å². The van der Waals surface area contributed by atoms with Gasteiger partial charge in [-0.15, -0.1) is 11.3 Å². The first-order chi connectivity index (χ1) is 12.3. The van der Waals surface area contributed by atoms with Crippen LogP contribution in [0.2, 0.25) is 0 Å². The largest absolute Gasteiger partial charge is 0.452 e. The molecule has 134 valence electrons. The summed E-state index contributed by atoms with van der Waals surface area (Å²) in [5.41, 5.74) is 7.60. The number of anilines is 3. The van der Waals surface area contributed by atoms with E-state index in [1.165, 1.54) is 27.3 Å². The standard InChI is InChI=1S/C23H25NOS/c1-14-11-17(23(4,5)6)12-15(2)21(14)24-18-9-7-8-10-20(18)25-22-16(3)26-13-19(22)24/h7-13H,1-6H3. The third kappa shape index (κ3) is 2.62. The summed E-state index contributed by atoms with van der Waals surface area (Å²) >= 11 is 1.74. The van der Waals surface area contributed by atoms with Crippen molar-refractivity contribution >= 4 is 28.4 Å². The van der Waals surface area contributed by atoms with Crippen molar-refractivity contribution in [2.45, 2.75) is 47.0 Å². The molecule has 2 heterocycles. The molecule has 0 saturated carbocycles. The zero-order chi connectivity index (χ0) is 18.6. The fourth-order valence-corrected chi connectivity index (χ4v) is 4.41. The summed E-state index contributed by atoms with van der Waals surface area (Å²) in [5.74, 6) is 1.90. The third-order valence-corrected chi connectivity index (χ3v) is 5.92. The van der Waals surface area contributed by atoms with E-state index < -0.39 is 0 Å². The molecule has 0 spiro atoms. The topological polar surface area (TPSA) is 12.5 Å². The van der Waals surface area contributed by atoms with Gasteiger partial charge < -0.3 is 9.64 Å². The van der Waals surface area contributed by atoms with Gasteiger partial charge in [0.1, 0.15) is 5.69 Å². The average Bonchev–Trinajstić information content (AvgIpc) is 2.93. The number of ether oxygens (including phenoxy) is 1. The summed E-state index contributed by atoms with van der Waals surface area (Å²) in [7, 11) is 0. The number of benzene rings is 2. The molecule has 0 N–H and O–H groups in total. The lowest BCUT2D eigenvalue weighted by Crippen LogP contribution is -2.18. The van der Waals surface area contributed by atoms with Gasteiger partial charge in [-0.05, 0) is 55.0 Å². The predicted molar refractivity (Wildman–Crippen MR) is 112 cm³/mol. The van der Waals surface area contributed by atoms with Gasteiger partial charge in [0.25, 0.3) is 0 Å². The highest BCUT2D eigenvalue weighted by atomic mass is 32.1. The zero-order valence-electron chi connectivity index (χ0n) is 16.3. The van der Waals surface area contributed by atoms with E-state index in [0.717, 1.165) is 22.9 Å². The van der Waals surface area contributed by atoms with Crippen LogP contribution in [-0.4, -0.2) is 0 Å². The molecule has 26 heavy (non-hydrogen) atoms. The minimum atomic E-state index is 0.140. The zero-order valence-corrected chi connectivity index (χ0v) is 17.1. The second-order valence-electron chi connectivity index (χ2n) is 8.12. The molecule has 0 fully saturated rings. The molecule has 0 saturated heterocycles. The molecular formula is C23H25NOS. The molecule has 0 radical (unpaired) electrons. The van der Waals surface area contributed by atoms with Crippen LogP contribution in [-0.2, 0) is 5.41 Å². The maximum atomic E-state index is 6.23. The number of para-hydroxylation sites is 2. The van der Waals surface area contributed by atoms with E-state index in [2.05, 4.69) is 82.2 Å². The van der Waals surface area contributed by atoms with Gasteiger partial charge in [-0.25, -0.2) is 0 Å². The summed E-state index contributed by atoms with van der Waals surface area (Å²) in [6, 6.07) is 13.0. The summed E-state index contributed by atoms with van der Waals surface area (Å²) in [5, 5.41) is 2.21. The molecular weight excluding hydrogens is 338 g/mol. The van der Waals surface area contributed by atoms with Crippen LogP contribution >= 0.6 is 11.3 Å². The Morgan fingerprint density at radius 2 is 1.58 bits per heavy atom. The SMILES string of the molecule is Cc1cc(C(C)(C)C)cc(C)c1N1c2ccccc2Oc2c1csc2C. The second kappa shape index (κ2) is 5.88. The monoisotopic (exact) mass is 363 g/mol. The predicted octanol–water partition coefficient (Wildman–Crippen LogP) is 7.55. The van der Waals surface area contributed by atoms with Crippen LogP contribution in [0.25, 0.3) is 0 Å². The van der Waals surface area contributed by atoms with Crippen LogP contribution in [0.15, 0.2) is 41.8 Å². The molecule has 3 heteroatoms. The van der Waals surface area contributed by atoms with E-state index in [9.17, 15) is 0 Å². The number of aryl methyl sites for hydroxylation is 3. The number of hydrogen-bond donors (Lipinski definition) is 0. The molecule has 2 nitrogen and oxygen atoms in total. The molecule has 4 rings (SSSR count). The van der Waals surface area contributed by atoms with Gasteiger partial charge in [-0.1, -0.05) is 45.0 Å². The normalized spacial score (nSPS) is 13.2. The highest BCUT2D eigenvalue weighted by Gasteiger charge is 2.30. The first-order valence-electron chi connectivity index (χ1n) is 9.04. The lowest BCUT2D eigenvalue weighted by molar-refractivity contribution is 0.476. The van der Waals surface area contributed by atoms with Crippen molar-refractivity contribution in [3.05, 3.63) is 63.3 Å². The Kier molecular flexibility index (Phi) is 3.89. The maximum absolute atomic E-state index is 6.23. The van der Waals surface area contributed by atoms with Crippen LogP contribution in [0.3, 0.4) is 0 Å². The van der Waals surface area contributed by atoms with E-state index in [1.54, 1.807) is 11.3 Å². The van der Waals surface area contributed by atoms with Crippen molar-refractivity contribution < 1.29 is 4.74 Å². The fraction of sp³-hybridized carbons (Fsp3) is 0.304. The van der Waals surface area contributed by atoms with Crippen molar-refractivity contribution in [3.8, 4) is 11.5 Å². The second-order valence-corrected chi connectivity index (χ2v) is 9.20. The van der Waals surface area contributed by atoms with Crippen LogP contribution < -0.4 is 9.64 Å². The highest BCUT2D eigenvalue weighted by molar-refractivity contribution is 7.10. The average molecular weight is 364 g/mol. The lowest BCUT2D eigenvalue weighted by atomic mass is 9.84. The summed E-state index contributed by atoms with van der Waals surface area (Å²) in [6.45, 7) is 13.4. The van der Waals surface area contributed by atoms with Crippen molar-refractivity contribution in [2.24, 2.45) is 0 Å². The number of fused-ring (bicyclic) bond motifs is 2. The number of nitrogens with zero attached hydrogens (tertiary/aromatic N) is 1. The quantitative estimate of drug-likeness (QED) is 0.346. The van der Waals surface area contributed by atoms with Gasteiger partial charge in [0.2, 0.25) is 0 Å². The Labute approximate surface area is 160 Å². The molecule has 0 amide bonds. The minimum Gasteiger partial charge on any atom is -0.452 e. The fourth-order valence-electron chi connectivity index (χ4n) is 3.66. The Morgan fingerprint density at radius 1 is 0.923 bits per heavy atom. The van der Waals surface area contributed by atoms with E-state index in [1.807, 2.05) is 6.07 Å². The smallest absolute Gasteiger partial charge is 0.165 e. The van der Waals surface area contributed by atoms with Gasteiger partial charge in [0, 0.05) is 10.3 Å². The Bertz CT molecular complexity index is 971. The molecule has 0 unspecified atom stereocenters. The van der Waals surface area contributed by atoms with Gasteiger partial charge in [-0.2, -0.15) is 0 Å². The molecule has 1 aliphatic rings. The summed E-state index contributed by atoms with van der Waals surface area (Å²) in [6.07, 6.45) is 0. The first-order valence-corrected chi connectivity index (χ1v) is 9.92. The third-order valence-electron chi connectivity index (χ3n) is 5.04.